The Balaban J connectivity index is 1.74. The maximum atomic E-state index is 12.8. The van der Waals surface area contributed by atoms with Crippen LogP contribution >= 0.6 is 28.1 Å². The molecule has 0 bridgehead atoms. The molecule has 1 N–H and O–H groups in total. The maximum Gasteiger partial charge on any atom is 0.276 e. The van der Waals surface area contributed by atoms with Crippen molar-refractivity contribution < 1.29 is 14.3 Å². The van der Waals surface area contributed by atoms with E-state index in [-0.39, 0.29) is 5.91 Å². The van der Waals surface area contributed by atoms with Crippen LogP contribution in [0.2, 0.25) is 0 Å². The molecule has 1 aliphatic rings. The zero-order valence-electron chi connectivity index (χ0n) is 16.2. The summed E-state index contributed by atoms with van der Waals surface area (Å²) in [6.07, 6.45) is 2.51. The fourth-order valence-corrected chi connectivity index (χ4v) is 3.56. The predicted molar refractivity (Wildman–Crippen MR) is 121 cm³/mol. The fourth-order valence-electron chi connectivity index (χ4n) is 2.90. The van der Waals surface area contributed by atoms with Crippen molar-refractivity contribution in [3.8, 4) is 5.75 Å². The van der Waals surface area contributed by atoms with Gasteiger partial charge in [0.2, 0.25) is 0 Å². The minimum atomic E-state index is -0.138. The van der Waals surface area contributed by atoms with Gasteiger partial charge in [-0.15, -0.1) is 0 Å². The molecule has 1 heterocycles. The predicted octanol–water partition coefficient (Wildman–Crippen LogP) is 4.51. The van der Waals surface area contributed by atoms with Crippen LogP contribution in [0.1, 0.15) is 24.5 Å². The van der Waals surface area contributed by atoms with Crippen LogP contribution in [0.3, 0.4) is 0 Å². The van der Waals surface area contributed by atoms with Gasteiger partial charge in [-0.2, -0.15) is 0 Å². The third kappa shape index (κ3) is 5.88. The summed E-state index contributed by atoms with van der Waals surface area (Å²) in [5.41, 5.74) is 2.31. The van der Waals surface area contributed by atoms with Gasteiger partial charge >= 0.3 is 0 Å². The normalized spacial score (nSPS) is 15.1. The highest BCUT2D eigenvalue weighted by Crippen LogP contribution is 2.27. The average Bonchev–Trinajstić information content (AvgIpc) is 2.98. The molecule has 0 saturated carbocycles. The summed E-state index contributed by atoms with van der Waals surface area (Å²) < 4.78 is 12.2. The molecule has 0 radical (unpaired) electrons. The van der Waals surface area contributed by atoms with Gasteiger partial charge in [0.1, 0.15) is 18.1 Å². The lowest BCUT2D eigenvalue weighted by Gasteiger charge is -2.13. The summed E-state index contributed by atoms with van der Waals surface area (Å²) >= 11 is 8.82. The number of nitrogens with zero attached hydrogens (tertiary/aromatic N) is 1. The standard InChI is InChI=1S/C22H23BrN2O3S/c1-2-27-12-6-11-25-21(26)19(24-22(25)29)14-17-13-18(23)9-10-20(17)28-15-16-7-4-3-5-8-16/h3-5,7-10,13-14H,2,6,11-12,15H2,1H3,(H,24,29)/b19-14+. The summed E-state index contributed by atoms with van der Waals surface area (Å²) in [7, 11) is 0. The number of nitrogens with one attached hydrogen (secondary N) is 1. The Labute approximate surface area is 184 Å². The molecule has 2 aromatic rings. The van der Waals surface area contributed by atoms with E-state index >= 15 is 0 Å². The molecule has 1 saturated heterocycles. The Morgan fingerprint density at radius 1 is 1.21 bits per heavy atom. The van der Waals surface area contributed by atoms with Gasteiger partial charge in [0.05, 0.1) is 0 Å². The van der Waals surface area contributed by atoms with Gasteiger partial charge in [-0.25, -0.2) is 0 Å². The minimum Gasteiger partial charge on any atom is -0.488 e. The second-order valence-corrected chi connectivity index (χ2v) is 7.75. The van der Waals surface area contributed by atoms with Gasteiger partial charge in [-0.05, 0) is 55.4 Å². The topological polar surface area (TPSA) is 50.8 Å². The Morgan fingerprint density at radius 3 is 2.76 bits per heavy atom. The van der Waals surface area contributed by atoms with Gasteiger partial charge in [-0.3, -0.25) is 9.69 Å². The number of halogens is 1. The number of thiocarbonyl (C=S) groups is 1. The fraction of sp³-hybridized carbons (Fsp3) is 0.273. The molecule has 0 aliphatic carbocycles. The molecular weight excluding hydrogens is 452 g/mol. The number of carbonyl (C=O) groups is 1. The van der Waals surface area contributed by atoms with Crippen molar-refractivity contribution in [2.24, 2.45) is 0 Å². The summed E-state index contributed by atoms with van der Waals surface area (Å²) in [4.78, 5) is 14.3. The largest absolute Gasteiger partial charge is 0.488 e. The molecule has 3 rings (SSSR count). The molecule has 7 heteroatoms. The zero-order chi connectivity index (χ0) is 20.6. The number of hydrogen-bond donors (Lipinski definition) is 1. The summed E-state index contributed by atoms with van der Waals surface area (Å²) in [5, 5.41) is 3.44. The smallest absolute Gasteiger partial charge is 0.276 e. The second-order valence-electron chi connectivity index (χ2n) is 6.45. The quantitative estimate of drug-likeness (QED) is 0.329. The first-order valence-electron chi connectivity index (χ1n) is 9.47. The first-order chi connectivity index (χ1) is 14.1. The van der Waals surface area contributed by atoms with Crippen molar-refractivity contribution in [1.82, 2.24) is 10.2 Å². The SMILES string of the molecule is CCOCCCN1C(=O)/C(=C\c2cc(Br)ccc2OCc2ccccc2)NC1=S. The summed E-state index contributed by atoms with van der Waals surface area (Å²) in [6, 6.07) is 15.7. The molecule has 29 heavy (non-hydrogen) atoms. The molecule has 1 aliphatic heterocycles. The van der Waals surface area contributed by atoms with Crippen molar-refractivity contribution in [2.75, 3.05) is 19.8 Å². The lowest BCUT2D eigenvalue weighted by atomic mass is 10.1. The van der Waals surface area contributed by atoms with Crippen LogP contribution in [-0.2, 0) is 16.1 Å². The van der Waals surface area contributed by atoms with E-state index in [1.807, 2.05) is 55.5 Å². The molecule has 0 atom stereocenters. The molecule has 5 nitrogen and oxygen atoms in total. The number of amides is 1. The molecule has 152 valence electrons. The number of hydrogen-bond acceptors (Lipinski definition) is 4. The van der Waals surface area contributed by atoms with Crippen LogP contribution < -0.4 is 10.1 Å². The van der Waals surface area contributed by atoms with Gasteiger partial charge in [0, 0.05) is 29.8 Å². The maximum absolute atomic E-state index is 12.8. The highest BCUT2D eigenvalue weighted by Gasteiger charge is 2.30. The van der Waals surface area contributed by atoms with E-state index in [0.717, 1.165) is 22.0 Å². The van der Waals surface area contributed by atoms with Crippen molar-refractivity contribution >= 4 is 45.2 Å². The molecule has 1 fully saturated rings. The second kappa shape index (κ2) is 10.5. The van der Waals surface area contributed by atoms with E-state index in [1.54, 1.807) is 11.0 Å². The van der Waals surface area contributed by atoms with Crippen LogP contribution in [0, 0.1) is 0 Å². The highest BCUT2D eigenvalue weighted by atomic mass is 79.9. The van der Waals surface area contributed by atoms with Crippen molar-refractivity contribution in [1.29, 1.82) is 0 Å². The van der Waals surface area contributed by atoms with Crippen molar-refractivity contribution in [3.63, 3.8) is 0 Å². The van der Waals surface area contributed by atoms with Gasteiger partial charge in [0.25, 0.3) is 5.91 Å². The lowest BCUT2D eigenvalue weighted by Crippen LogP contribution is -2.32. The molecule has 0 aromatic heterocycles. The summed E-state index contributed by atoms with van der Waals surface area (Å²) in [6.45, 7) is 4.19. The van der Waals surface area contributed by atoms with E-state index in [1.165, 1.54) is 0 Å². The Bertz CT molecular complexity index is 902. The number of rotatable bonds is 9. The van der Waals surface area contributed by atoms with Crippen LogP contribution in [-0.4, -0.2) is 35.7 Å². The van der Waals surface area contributed by atoms with Gasteiger partial charge in [0.15, 0.2) is 5.11 Å². The third-order valence-electron chi connectivity index (χ3n) is 4.35. The average molecular weight is 475 g/mol. The van der Waals surface area contributed by atoms with E-state index in [9.17, 15) is 4.79 Å². The minimum absolute atomic E-state index is 0.138. The number of ether oxygens (including phenoxy) is 2. The lowest BCUT2D eigenvalue weighted by molar-refractivity contribution is -0.122. The number of carbonyl (C=O) groups excluding carboxylic acids is 1. The molecular formula is C22H23BrN2O3S. The Morgan fingerprint density at radius 2 is 2.00 bits per heavy atom. The molecule has 0 unspecified atom stereocenters. The van der Waals surface area contributed by atoms with E-state index in [0.29, 0.717) is 42.9 Å². The van der Waals surface area contributed by atoms with E-state index < -0.39 is 0 Å². The van der Waals surface area contributed by atoms with Crippen LogP contribution in [0.15, 0.2) is 58.7 Å². The van der Waals surface area contributed by atoms with E-state index in [2.05, 4.69) is 21.2 Å². The first-order valence-corrected chi connectivity index (χ1v) is 10.7. The molecule has 1 amide bonds. The Hall–Kier alpha value is -2.22. The zero-order valence-corrected chi connectivity index (χ0v) is 18.6. The van der Waals surface area contributed by atoms with Crippen molar-refractivity contribution in [3.05, 3.63) is 69.8 Å². The van der Waals surface area contributed by atoms with Crippen LogP contribution in [0.25, 0.3) is 6.08 Å². The van der Waals surface area contributed by atoms with Gasteiger partial charge < -0.3 is 14.8 Å². The Kier molecular flexibility index (Phi) is 7.80. The third-order valence-corrected chi connectivity index (χ3v) is 5.16. The monoisotopic (exact) mass is 474 g/mol. The van der Waals surface area contributed by atoms with Crippen LogP contribution in [0.4, 0.5) is 0 Å². The first kappa shape index (κ1) is 21.5. The van der Waals surface area contributed by atoms with E-state index in [4.69, 9.17) is 21.7 Å². The molecule has 0 spiro atoms. The number of benzene rings is 2. The molecule has 2 aromatic carbocycles. The summed E-state index contributed by atoms with van der Waals surface area (Å²) in [5.74, 6) is 0.556. The van der Waals surface area contributed by atoms with Crippen molar-refractivity contribution in [2.45, 2.75) is 20.0 Å². The highest BCUT2D eigenvalue weighted by molar-refractivity contribution is 9.10. The van der Waals surface area contributed by atoms with Crippen LogP contribution in [0.5, 0.6) is 5.75 Å². The van der Waals surface area contributed by atoms with Gasteiger partial charge in [-0.1, -0.05) is 46.3 Å².